The first-order chi connectivity index (χ1) is 10.8. The Labute approximate surface area is 137 Å². The van der Waals surface area contributed by atoms with Gasteiger partial charge in [-0.1, -0.05) is 18.2 Å². The second kappa shape index (κ2) is 7.42. The highest BCUT2D eigenvalue weighted by molar-refractivity contribution is 7.99. The molecule has 5 heteroatoms. The number of amides is 1. The zero-order valence-corrected chi connectivity index (χ0v) is 13.6. The zero-order chi connectivity index (χ0) is 15.2. The molecule has 0 saturated heterocycles. The molecule has 0 radical (unpaired) electrons. The third-order valence-corrected chi connectivity index (χ3v) is 5.39. The van der Waals surface area contributed by atoms with Gasteiger partial charge >= 0.3 is 0 Å². The molecule has 2 aromatic heterocycles. The number of nitrogens with one attached hydrogen (secondary N) is 1. The number of hydrogen-bond donors (Lipinski definition) is 1. The van der Waals surface area contributed by atoms with E-state index in [1.807, 2.05) is 42.5 Å². The molecule has 0 spiro atoms. The van der Waals surface area contributed by atoms with Gasteiger partial charge in [0, 0.05) is 28.5 Å². The van der Waals surface area contributed by atoms with Gasteiger partial charge in [-0.2, -0.15) is 0 Å². The molecule has 2 heterocycles. The molecule has 3 aromatic rings. The van der Waals surface area contributed by atoms with E-state index in [1.165, 1.54) is 4.90 Å². The Bertz CT molecular complexity index is 722. The quantitative estimate of drug-likeness (QED) is 0.544. The van der Waals surface area contributed by atoms with E-state index in [4.69, 9.17) is 0 Å². The fourth-order valence-corrected chi connectivity index (χ4v) is 3.90. The SMILES string of the molecule is O=C(NCCCSc1ccncc1)c1cc2ccccc2s1. The number of carbonyl (C=O) groups excluding carboxylic acids is 1. The van der Waals surface area contributed by atoms with Crippen LogP contribution in [0, 0.1) is 0 Å². The van der Waals surface area contributed by atoms with Gasteiger partial charge in [0.05, 0.1) is 4.88 Å². The van der Waals surface area contributed by atoms with Gasteiger partial charge in [-0.15, -0.1) is 23.1 Å². The van der Waals surface area contributed by atoms with E-state index in [1.54, 1.807) is 35.5 Å². The number of rotatable bonds is 6. The van der Waals surface area contributed by atoms with Crippen LogP contribution in [0.5, 0.6) is 0 Å². The lowest BCUT2D eigenvalue weighted by atomic mass is 10.2. The molecule has 1 N–H and O–H groups in total. The summed E-state index contributed by atoms with van der Waals surface area (Å²) in [6, 6.07) is 14.0. The van der Waals surface area contributed by atoms with Crippen LogP contribution >= 0.6 is 23.1 Å². The summed E-state index contributed by atoms with van der Waals surface area (Å²) in [5.74, 6) is 1.01. The van der Waals surface area contributed by atoms with Crippen molar-refractivity contribution in [3.05, 3.63) is 59.7 Å². The predicted molar refractivity (Wildman–Crippen MR) is 93.7 cm³/mol. The Hall–Kier alpha value is -1.85. The van der Waals surface area contributed by atoms with E-state index < -0.39 is 0 Å². The van der Waals surface area contributed by atoms with Crippen molar-refractivity contribution in [1.29, 1.82) is 0 Å². The lowest BCUT2D eigenvalue weighted by Crippen LogP contribution is -2.23. The van der Waals surface area contributed by atoms with E-state index in [2.05, 4.69) is 10.3 Å². The summed E-state index contributed by atoms with van der Waals surface area (Å²) >= 11 is 3.32. The van der Waals surface area contributed by atoms with Crippen molar-refractivity contribution in [2.24, 2.45) is 0 Å². The Kier molecular flexibility index (Phi) is 5.08. The molecule has 0 bridgehead atoms. The second-order valence-electron chi connectivity index (χ2n) is 4.79. The molecule has 22 heavy (non-hydrogen) atoms. The summed E-state index contributed by atoms with van der Waals surface area (Å²) in [4.78, 5) is 18.1. The fraction of sp³-hybridized carbons (Fsp3) is 0.176. The molecule has 3 nitrogen and oxygen atoms in total. The van der Waals surface area contributed by atoms with Gasteiger partial charge in [-0.05, 0) is 41.8 Å². The Morgan fingerprint density at radius 2 is 2.00 bits per heavy atom. The zero-order valence-electron chi connectivity index (χ0n) is 12.0. The number of fused-ring (bicyclic) bond motifs is 1. The molecule has 0 aliphatic carbocycles. The van der Waals surface area contributed by atoms with Gasteiger partial charge in [0.25, 0.3) is 5.91 Å². The molecule has 0 unspecified atom stereocenters. The smallest absolute Gasteiger partial charge is 0.261 e. The third-order valence-electron chi connectivity index (χ3n) is 3.17. The van der Waals surface area contributed by atoms with Crippen LogP contribution in [0.1, 0.15) is 16.1 Å². The first-order valence-corrected chi connectivity index (χ1v) is 8.93. The van der Waals surface area contributed by atoms with Gasteiger partial charge in [0.1, 0.15) is 0 Å². The molecular weight excluding hydrogens is 312 g/mol. The number of benzene rings is 1. The van der Waals surface area contributed by atoms with Crippen LogP contribution in [0.4, 0.5) is 0 Å². The molecule has 0 aliphatic rings. The topological polar surface area (TPSA) is 42.0 Å². The second-order valence-corrected chi connectivity index (χ2v) is 7.04. The standard InChI is InChI=1S/C17H16N2OS2/c20-17(16-12-13-4-1-2-5-15(13)22-16)19-8-3-11-21-14-6-9-18-10-7-14/h1-2,4-7,9-10,12H,3,8,11H2,(H,19,20). The minimum Gasteiger partial charge on any atom is -0.351 e. The van der Waals surface area contributed by atoms with Crippen molar-refractivity contribution in [1.82, 2.24) is 10.3 Å². The minimum absolute atomic E-state index is 0.0233. The molecule has 1 amide bonds. The average Bonchev–Trinajstić information content (AvgIpc) is 2.99. The summed E-state index contributed by atoms with van der Waals surface area (Å²) in [5.41, 5.74) is 0. The van der Waals surface area contributed by atoms with E-state index in [0.717, 1.165) is 27.1 Å². The van der Waals surface area contributed by atoms with E-state index in [9.17, 15) is 4.79 Å². The van der Waals surface area contributed by atoms with Gasteiger partial charge in [0.2, 0.25) is 0 Å². The van der Waals surface area contributed by atoms with Gasteiger partial charge < -0.3 is 5.32 Å². The number of thiophene rings is 1. The summed E-state index contributed by atoms with van der Waals surface area (Å²) < 4.78 is 1.15. The number of nitrogens with zero attached hydrogens (tertiary/aromatic N) is 1. The maximum absolute atomic E-state index is 12.1. The van der Waals surface area contributed by atoms with E-state index >= 15 is 0 Å². The van der Waals surface area contributed by atoms with Crippen molar-refractivity contribution in [2.45, 2.75) is 11.3 Å². The summed E-state index contributed by atoms with van der Waals surface area (Å²) in [7, 11) is 0. The molecule has 0 atom stereocenters. The largest absolute Gasteiger partial charge is 0.351 e. The van der Waals surface area contributed by atoms with Crippen molar-refractivity contribution in [2.75, 3.05) is 12.3 Å². The highest BCUT2D eigenvalue weighted by Gasteiger charge is 2.09. The van der Waals surface area contributed by atoms with Gasteiger partial charge in [-0.25, -0.2) is 0 Å². The molecule has 0 aliphatic heterocycles. The van der Waals surface area contributed by atoms with Crippen molar-refractivity contribution in [3.8, 4) is 0 Å². The number of carbonyl (C=O) groups is 1. The van der Waals surface area contributed by atoms with Crippen molar-refractivity contribution >= 4 is 39.1 Å². The van der Waals surface area contributed by atoms with Crippen LogP contribution in [-0.4, -0.2) is 23.2 Å². The fourth-order valence-electron chi connectivity index (χ4n) is 2.08. The molecule has 0 fully saturated rings. The van der Waals surface area contributed by atoms with Crippen LogP contribution in [-0.2, 0) is 0 Å². The highest BCUT2D eigenvalue weighted by atomic mass is 32.2. The van der Waals surface area contributed by atoms with Crippen LogP contribution in [0.2, 0.25) is 0 Å². The molecular formula is C17H16N2OS2. The first kappa shape index (κ1) is 15.1. The summed E-state index contributed by atoms with van der Waals surface area (Å²) in [6.07, 6.45) is 4.54. The first-order valence-electron chi connectivity index (χ1n) is 7.12. The maximum atomic E-state index is 12.1. The van der Waals surface area contributed by atoms with Crippen LogP contribution < -0.4 is 5.32 Å². The van der Waals surface area contributed by atoms with Crippen LogP contribution in [0.15, 0.2) is 59.8 Å². The van der Waals surface area contributed by atoms with Crippen LogP contribution in [0.3, 0.4) is 0 Å². The maximum Gasteiger partial charge on any atom is 0.261 e. The third kappa shape index (κ3) is 3.87. The normalized spacial score (nSPS) is 10.7. The Morgan fingerprint density at radius 3 is 2.82 bits per heavy atom. The summed E-state index contributed by atoms with van der Waals surface area (Å²) in [5, 5.41) is 4.12. The number of aromatic nitrogens is 1. The van der Waals surface area contributed by atoms with Crippen LogP contribution in [0.25, 0.3) is 10.1 Å². The minimum atomic E-state index is 0.0233. The molecule has 0 saturated carbocycles. The number of thioether (sulfide) groups is 1. The van der Waals surface area contributed by atoms with Gasteiger partial charge in [-0.3, -0.25) is 9.78 Å². The van der Waals surface area contributed by atoms with Gasteiger partial charge in [0.15, 0.2) is 0 Å². The summed E-state index contributed by atoms with van der Waals surface area (Å²) in [6.45, 7) is 0.700. The number of hydrogen-bond acceptors (Lipinski definition) is 4. The molecule has 3 rings (SSSR count). The lowest BCUT2D eigenvalue weighted by Gasteiger charge is -2.03. The average molecular weight is 328 g/mol. The Balaban J connectivity index is 1.44. The predicted octanol–water partition coefficient (Wildman–Crippen LogP) is 4.21. The lowest BCUT2D eigenvalue weighted by molar-refractivity contribution is 0.0958. The Morgan fingerprint density at radius 1 is 1.18 bits per heavy atom. The number of pyridine rings is 1. The monoisotopic (exact) mass is 328 g/mol. The van der Waals surface area contributed by atoms with Crippen molar-refractivity contribution < 1.29 is 4.79 Å². The highest BCUT2D eigenvalue weighted by Crippen LogP contribution is 2.25. The van der Waals surface area contributed by atoms with E-state index in [-0.39, 0.29) is 5.91 Å². The molecule has 1 aromatic carbocycles. The van der Waals surface area contributed by atoms with Crippen molar-refractivity contribution in [3.63, 3.8) is 0 Å². The van der Waals surface area contributed by atoms with E-state index in [0.29, 0.717) is 6.54 Å². The molecule has 112 valence electrons.